The zero-order valence-electron chi connectivity index (χ0n) is 17.0. The minimum absolute atomic E-state index is 0.126. The van der Waals surface area contributed by atoms with Crippen molar-refractivity contribution in [3.8, 4) is 0 Å². The van der Waals surface area contributed by atoms with Crippen LogP contribution >= 0.6 is 0 Å². The fraction of sp³-hybridized carbons (Fsp3) is 0.318. The van der Waals surface area contributed by atoms with E-state index in [9.17, 15) is 0 Å². The van der Waals surface area contributed by atoms with Crippen LogP contribution in [0.3, 0.4) is 0 Å². The molecule has 0 amide bonds. The van der Waals surface area contributed by atoms with Gasteiger partial charge in [-0.2, -0.15) is 10.1 Å². The number of nitrogens with zero attached hydrogens (tertiary/aromatic N) is 4. The maximum atomic E-state index is 4.56. The fourth-order valence-corrected chi connectivity index (χ4v) is 3.17. The Morgan fingerprint density at radius 1 is 1.04 bits per heavy atom. The van der Waals surface area contributed by atoms with Crippen molar-refractivity contribution in [2.75, 3.05) is 28.6 Å². The molecule has 0 bridgehead atoms. The Bertz CT molecular complexity index is 893. The van der Waals surface area contributed by atoms with Crippen LogP contribution in [0.1, 0.15) is 37.9 Å². The molecule has 1 unspecified atom stereocenters. The van der Waals surface area contributed by atoms with Gasteiger partial charge in [0, 0.05) is 30.5 Å². The number of aromatic nitrogens is 3. The van der Waals surface area contributed by atoms with Gasteiger partial charge in [0.2, 0.25) is 5.95 Å². The first-order valence-electron chi connectivity index (χ1n) is 9.74. The van der Waals surface area contributed by atoms with Crippen LogP contribution in [0.15, 0.2) is 54.7 Å². The second-order valence-corrected chi connectivity index (χ2v) is 6.74. The van der Waals surface area contributed by atoms with E-state index < -0.39 is 0 Å². The van der Waals surface area contributed by atoms with Gasteiger partial charge in [-0.3, -0.25) is 0 Å². The standard InChI is InChI=1S/C22H28N6/c1-5-28(6-2)19-12-13-20(16(3)14-19)25-22-26-21(15-23-27-22)24-17(4)18-10-8-7-9-11-18/h7-15,17H,5-6H2,1-4H3,(H2,24,25,26,27). The molecule has 146 valence electrons. The van der Waals surface area contributed by atoms with Crippen molar-refractivity contribution in [3.63, 3.8) is 0 Å². The highest BCUT2D eigenvalue weighted by Crippen LogP contribution is 2.25. The van der Waals surface area contributed by atoms with Gasteiger partial charge in [-0.15, -0.1) is 5.10 Å². The molecule has 6 heteroatoms. The third-order valence-electron chi connectivity index (χ3n) is 4.81. The molecule has 1 aromatic heterocycles. The van der Waals surface area contributed by atoms with Crippen LogP contribution in [-0.2, 0) is 0 Å². The molecule has 0 saturated carbocycles. The maximum absolute atomic E-state index is 4.56. The highest BCUT2D eigenvalue weighted by Gasteiger charge is 2.09. The summed E-state index contributed by atoms with van der Waals surface area (Å²) in [6.45, 7) is 10.5. The predicted molar refractivity (Wildman–Crippen MR) is 116 cm³/mol. The number of hydrogen-bond donors (Lipinski definition) is 2. The Morgan fingerprint density at radius 3 is 2.46 bits per heavy atom. The van der Waals surface area contributed by atoms with Crippen molar-refractivity contribution in [3.05, 3.63) is 65.9 Å². The van der Waals surface area contributed by atoms with Gasteiger partial charge in [0.15, 0.2) is 5.82 Å². The Hall–Kier alpha value is -3.15. The molecule has 2 N–H and O–H groups in total. The summed E-state index contributed by atoms with van der Waals surface area (Å²) in [7, 11) is 0. The number of aryl methyl sites for hydroxylation is 1. The first-order chi connectivity index (χ1) is 13.6. The number of rotatable bonds is 8. The first kappa shape index (κ1) is 19.6. The Morgan fingerprint density at radius 2 is 1.79 bits per heavy atom. The molecule has 0 saturated heterocycles. The number of benzene rings is 2. The largest absolute Gasteiger partial charge is 0.372 e. The highest BCUT2D eigenvalue weighted by molar-refractivity contribution is 5.64. The smallest absolute Gasteiger partial charge is 0.249 e. The van der Waals surface area contributed by atoms with Crippen LogP contribution in [0.5, 0.6) is 0 Å². The Balaban J connectivity index is 1.72. The van der Waals surface area contributed by atoms with Crippen LogP contribution in [0.4, 0.5) is 23.1 Å². The topological polar surface area (TPSA) is 66.0 Å². The van der Waals surface area contributed by atoms with Gasteiger partial charge in [-0.25, -0.2) is 0 Å². The Labute approximate surface area is 167 Å². The molecule has 0 aliphatic heterocycles. The molecule has 0 fully saturated rings. The van der Waals surface area contributed by atoms with Gasteiger partial charge in [0.1, 0.15) is 0 Å². The van der Waals surface area contributed by atoms with Gasteiger partial charge < -0.3 is 15.5 Å². The van der Waals surface area contributed by atoms with Crippen LogP contribution in [0.25, 0.3) is 0 Å². The molecule has 28 heavy (non-hydrogen) atoms. The minimum atomic E-state index is 0.126. The molecular formula is C22H28N6. The SMILES string of the molecule is CCN(CC)c1ccc(Nc2nncc(NC(C)c3ccccc3)n2)c(C)c1. The molecule has 1 atom stereocenters. The monoisotopic (exact) mass is 376 g/mol. The average Bonchev–Trinajstić information content (AvgIpc) is 2.72. The van der Waals surface area contributed by atoms with Crippen molar-refractivity contribution in [1.29, 1.82) is 0 Å². The van der Waals surface area contributed by atoms with Crippen LogP contribution in [0.2, 0.25) is 0 Å². The summed E-state index contributed by atoms with van der Waals surface area (Å²) in [6.07, 6.45) is 1.64. The van der Waals surface area contributed by atoms with Gasteiger partial charge >= 0.3 is 0 Å². The maximum Gasteiger partial charge on any atom is 0.249 e. The molecule has 1 heterocycles. The van der Waals surface area contributed by atoms with Crippen molar-refractivity contribution in [1.82, 2.24) is 15.2 Å². The quantitative estimate of drug-likeness (QED) is 0.580. The van der Waals surface area contributed by atoms with Crippen molar-refractivity contribution in [2.24, 2.45) is 0 Å². The molecule has 6 nitrogen and oxygen atoms in total. The van der Waals surface area contributed by atoms with E-state index in [-0.39, 0.29) is 6.04 Å². The summed E-state index contributed by atoms with van der Waals surface area (Å²) >= 11 is 0. The molecule has 0 spiro atoms. The normalized spacial score (nSPS) is 11.7. The lowest BCUT2D eigenvalue weighted by Crippen LogP contribution is -2.21. The molecule has 0 radical (unpaired) electrons. The number of anilines is 4. The second-order valence-electron chi connectivity index (χ2n) is 6.74. The first-order valence-corrected chi connectivity index (χ1v) is 9.74. The van der Waals surface area contributed by atoms with Gasteiger partial charge in [0.05, 0.1) is 6.20 Å². The lowest BCUT2D eigenvalue weighted by atomic mass is 10.1. The summed E-state index contributed by atoms with van der Waals surface area (Å²) in [5, 5.41) is 14.9. The molecular weight excluding hydrogens is 348 g/mol. The molecule has 2 aromatic carbocycles. The van der Waals surface area contributed by atoms with E-state index in [0.717, 1.165) is 24.3 Å². The van der Waals surface area contributed by atoms with E-state index >= 15 is 0 Å². The Kier molecular flexibility index (Phi) is 6.42. The van der Waals surface area contributed by atoms with E-state index in [4.69, 9.17) is 0 Å². The van der Waals surface area contributed by atoms with Crippen molar-refractivity contribution < 1.29 is 0 Å². The van der Waals surface area contributed by atoms with Gasteiger partial charge in [-0.1, -0.05) is 30.3 Å². The van der Waals surface area contributed by atoms with Crippen LogP contribution in [-0.4, -0.2) is 28.3 Å². The third kappa shape index (κ3) is 4.76. The average molecular weight is 377 g/mol. The summed E-state index contributed by atoms with van der Waals surface area (Å²) in [4.78, 5) is 6.88. The predicted octanol–water partition coefficient (Wildman–Crippen LogP) is 4.94. The molecule has 0 aliphatic carbocycles. The van der Waals surface area contributed by atoms with E-state index in [1.165, 1.54) is 11.3 Å². The zero-order valence-corrected chi connectivity index (χ0v) is 17.0. The zero-order chi connectivity index (χ0) is 19.9. The van der Waals surface area contributed by atoms with Crippen LogP contribution in [0, 0.1) is 6.92 Å². The lowest BCUT2D eigenvalue weighted by molar-refractivity contribution is 0.860. The van der Waals surface area contributed by atoms with Gasteiger partial charge in [-0.05, 0) is 57.0 Å². The fourth-order valence-electron chi connectivity index (χ4n) is 3.17. The molecule has 3 rings (SSSR count). The second kappa shape index (κ2) is 9.17. The molecule has 3 aromatic rings. The number of hydrogen-bond acceptors (Lipinski definition) is 6. The summed E-state index contributed by atoms with van der Waals surface area (Å²) in [5.74, 6) is 1.16. The van der Waals surface area contributed by atoms with E-state index in [1.807, 2.05) is 18.2 Å². The third-order valence-corrected chi connectivity index (χ3v) is 4.81. The highest BCUT2D eigenvalue weighted by atomic mass is 15.3. The van der Waals surface area contributed by atoms with Crippen LogP contribution < -0.4 is 15.5 Å². The van der Waals surface area contributed by atoms with E-state index in [1.54, 1.807) is 6.20 Å². The van der Waals surface area contributed by atoms with Crippen molar-refractivity contribution >= 4 is 23.1 Å². The summed E-state index contributed by atoms with van der Waals surface area (Å²) in [6, 6.07) is 16.8. The summed E-state index contributed by atoms with van der Waals surface area (Å²) in [5.41, 5.74) is 4.53. The van der Waals surface area contributed by atoms with Crippen molar-refractivity contribution in [2.45, 2.75) is 33.7 Å². The summed E-state index contributed by atoms with van der Waals surface area (Å²) < 4.78 is 0. The minimum Gasteiger partial charge on any atom is -0.372 e. The number of nitrogens with one attached hydrogen (secondary N) is 2. The van der Waals surface area contributed by atoms with E-state index in [0.29, 0.717) is 11.8 Å². The van der Waals surface area contributed by atoms with Gasteiger partial charge in [0.25, 0.3) is 0 Å². The van der Waals surface area contributed by atoms with E-state index in [2.05, 4.69) is 88.7 Å². The molecule has 0 aliphatic rings. The lowest BCUT2D eigenvalue weighted by Gasteiger charge is -2.22.